The number of hydrogen-bond donors (Lipinski definition) is 1. The lowest BCUT2D eigenvalue weighted by Gasteiger charge is -2.09. The maximum absolute atomic E-state index is 13.5. The Morgan fingerprint density at radius 3 is 2.80 bits per heavy atom. The Labute approximate surface area is 124 Å². The molecule has 0 amide bonds. The predicted octanol–water partition coefficient (Wildman–Crippen LogP) is 3.84. The van der Waals surface area contributed by atoms with Gasteiger partial charge in [0.15, 0.2) is 0 Å². The van der Waals surface area contributed by atoms with Gasteiger partial charge in [0.25, 0.3) is 0 Å². The van der Waals surface area contributed by atoms with Gasteiger partial charge in [-0.25, -0.2) is 9.18 Å². The van der Waals surface area contributed by atoms with E-state index in [1.807, 2.05) is 0 Å². The average Bonchev–Trinajstić information content (AvgIpc) is 2.42. The summed E-state index contributed by atoms with van der Waals surface area (Å²) in [7, 11) is 0. The summed E-state index contributed by atoms with van der Waals surface area (Å²) in [6.45, 7) is 1.66. The second kappa shape index (κ2) is 6.05. The molecule has 20 heavy (non-hydrogen) atoms. The van der Waals surface area contributed by atoms with E-state index in [9.17, 15) is 9.18 Å². The zero-order chi connectivity index (χ0) is 14.7. The number of benzene rings is 2. The first-order valence-electron chi connectivity index (χ1n) is 5.94. The minimum absolute atomic E-state index is 0.127. The van der Waals surface area contributed by atoms with E-state index in [0.29, 0.717) is 16.8 Å². The number of hydrogen-bond acceptors (Lipinski definition) is 3. The van der Waals surface area contributed by atoms with Crippen molar-refractivity contribution in [2.24, 2.45) is 0 Å². The minimum Gasteiger partial charge on any atom is -0.457 e. The zero-order valence-electron chi connectivity index (χ0n) is 10.8. The fraction of sp³-hybridized carbons (Fsp3) is 0.133. The Bertz CT molecular complexity index is 658. The molecule has 0 saturated carbocycles. The molecule has 0 aliphatic carbocycles. The number of carbonyl (C=O) groups excluding carboxylic acids is 1. The second-order valence-corrected chi connectivity index (χ2v) is 5.30. The summed E-state index contributed by atoms with van der Waals surface area (Å²) in [6.07, 6.45) is 0. The zero-order valence-corrected chi connectivity index (χ0v) is 12.4. The second-order valence-electron chi connectivity index (χ2n) is 4.39. The van der Waals surface area contributed by atoms with Gasteiger partial charge in [-0.05, 0) is 42.8 Å². The first kappa shape index (κ1) is 14.5. The van der Waals surface area contributed by atoms with Crippen molar-refractivity contribution in [3.63, 3.8) is 0 Å². The van der Waals surface area contributed by atoms with Crippen LogP contribution in [-0.2, 0) is 11.3 Å². The molecule has 2 N–H and O–H groups in total. The molecule has 0 bridgehead atoms. The van der Waals surface area contributed by atoms with Crippen LogP contribution >= 0.6 is 15.9 Å². The standard InChI is InChI=1S/C15H13BrFNO2/c1-9-2-4-12(18)7-13(9)15(19)20-8-10-6-11(16)3-5-14(10)17/h2-7H,8,18H2,1H3. The topological polar surface area (TPSA) is 52.3 Å². The summed E-state index contributed by atoms with van der Waals surface area (Å²) in [5, 5.41) is 0. The highest BCUT2D eigenvalue weighted by Gasteiger charge is 2.12. The lowest BCUT2D eigenvalue weighted by Crippen LogP contribution is -2.08. The average molecular weight is 338 g/mol. The molecule has 2 aromatic carbocycles. The summed E-state index contributed by atoms with van der Waals surface area (Å²) in [4.78, 5) is 12.0. The molecule has 5 heteroatoms. The molecule has 0 aliphatic rings. The van der Waals surface area contributed by atoms with Crippen LogP contribution in [0.15, 0.2) is 40.9 Å². The molecule has 0 fully saturated rings. The van der Waals surface area contributed by atoms with Crippen molar-refractivity contribution in [3.05, 3.63) is 63.4 Å². The maximum Gasteiger partial charge on any atom is 0.338 e. The number of halogens is 2. The van der Waals surface area contributed by atoms with Crippen LogP contribution in [0.1, 0.15) is 21.5 Å². The normalized spacial score (nSPS) is 10.3. The molecule has 3 nitrogen and oxygen atoms in total. The molecular formula is C15H13BrFNO2. The van der Waals surface area contributed by atoms with E-state index in [2.05, 4.69) is 15.9 Å². The van der Waals surface area contributed by atoms with E-state index in [1.165, 1.54) is 6.07 Å². The monoisotopic (exact) mass is 337 g/mol. The first-order valence-corrected chi connectivity index (χ1v) is 6.74. The number of rotatable bonds is 3. The summed E-state index contributed by atoms with van der Waals surface area (Å²) < 4.78 is 19.4. The van der Waals surface area contributed by atoms with Crippen LogP contribution in [0.2, 0.25) is 0 Å². The van der Waals surface area contributed by atoms with Crippen LogP contribution in [-0.4, -0.2) is 5.97 Å². The van der Waals surface area contributed by atoms with Crippen molar-refractivity contribution < 1.29 is 13.9 Å². The van der Waals surface area contributed by atoms with Gasteiger partial charge in [0.2, 0.25) is 0 Å². The highest BCUT2D eigenvalue weighted by atomic mass is 79.9. The number of anilines is 1. The van der Waals surface area contributed by atoms with E-state index in [1.54, 1.807) is 37.3 Å². The van der Waals surface area contributed by atoms with Gasteiger partial charge in [-0.3, -0.25) is 0 Å². The molecular weight excluding hydrogens is 325 g/mol. The van der Waals surface area contributed by atoms with Gasteiger partial charge < -0.3 is 10.5 Å². The molecule has 0 spiro atoms. The van der Waals surface area contributed by atoms with Crippen LogP contribution in [0, 0.1) is 12.7 Å². The summed E-state index contributed by atoms with van der Waals surface area (Å²) in [6, 6.07) is 9.48. The van der Waals surface area contributed by atoms with Crippen molar-refractivity contribution in [1.29, 1.82) is 0 Å². The highest BCUT2D eigenvalue weighted by Crippen LogP contribution is 2.18. The molecule has 0 unspecified atom stereocenters. The van der Waals surface area contributed by atoms with Crippen LogP contribution in [0.5, 0.6) is 0 Å². The number of nitrogens with two attached hydrogens (primary N) is 1. The molecule has 2 aromatic rings. The van der Waals surface area contributed by atoms with Crippen LogP contribution in [0.3, 0.4) is 0 Å². The third-order valence-corrected chi connectivity index (χ3v) is 3.34. The number of esters is 1. The number of aryl methyl sites for hydroxylation is 1. The lowest BCUT2D eigenvalue weighted by atomic mass is 10.1. The first-order chi connectivity index (χ1) is 9.47. The van der Waals surface area contributed by atoms with E-state index >= 15 is 0 Å². The van der Waals surface area contributed by atoms with Gasteiger partial charge in [0.05, 0.1) is 5.56 Å². The molecule has 0 radical (unpaired) electrons. The van der Waals surface area contributed by atoms with Crippen LogP contribution in [0.4, 0.5) is 10.1 Å². The van der Waals surface area contributed by atoms with Gasteiger partial charge in [0.1, 0.15) is 12.4 Å². The fourth-order valence-electron chi connectivity index (χ4n) is 1.73. The predicted molar refractivity (Wildman–Crippen MR) is 78.8 cm³/mol. The van der Waals surface area contributed by atoms with E-state index in [4.69, 9.17) is 10.5 Å². The van der Waals surface area contributed by atoms with Gasteiger partial charge in [-0.2, -0.15) is 0 Å². The van der Waals surface area contributed by atoms with Gasteiger partial charge in [-0.15, -0.1) is 0 Å². The Kier molecular flexibility index (Phi) is 4.39. The third-order valence-electron chi connectivity index (χ3n) is 2.85. The van der Waals surface area contributed by atoms with E-state index in [0.717, 1.165) is 10.0 Å². The molecule has 0 aliphatic heterocycles. The Morgan fingerprint density at radius 1 is 1.30 bits per heavy atom. The van der Waals surface area contributed by atoms with Crippen molar-refractivity contribution in [2.75, 3.05) is 5.73 Å². The molecule has 0 heterocycles. The molecule has 0 saturated heterocycles. The lowest BCUT2D eigenvalue weighted by molar-refractivity contribution is 0.0468. The maximum atomic E-state index is 13.5. The van der Waals surface area contributed by atoms with Crippen molar-refractivity contribution >= 4 is 27.6 Å². The van der Waals surface area contributed by atoms with Crippen molar-refractivity contribution in [2.45, 2.75) is 13.5 Å². The summed E-state index contributed by atoms with van der Waals surface area (Å²) >= 11 is 3.25. The van der Waals surface area contributed by atoms with Crippen LogP contribution < -0.4 is 5.73 Å². The quantitative estimate of drug-likeness (QED) is 0.683. The summed E-state index contributed by atoms with van der Waals surface area (Å²) in [5.74, 6) is -0.931. The molecule has 0 atom stereocenters. The van der Waals surface area contributed by atoms with Gasteiger partial charge in [-0.1, -0.05) is 22.0 Å². The van der Waals surface area contributed by atoms with Gasteiger partial charge in [0, 0.05) is 15.7 Å². The number of carbonyl (C=O) groups is 1. The number of ether oxygens (including phenoxy) is 1. The Hall–Kier alpha value is -1.88. The highest BCUT2D eigenvalue weighted by molar-refractivity contribution is 9.10. The van der Waals surface area contributed by atoms with Crippen LogP contribution in [0.25, 0.3) is 0 Å². The minimum atomic E-state index is -0.519. The SMILES string of the molecule is Cc1ccc(N)cc1C(=O)OCc1cc(Br)ccc1F. The number of nitrogen functional groups attached to an aromatic ring is 1. The summed E-state index contributed by atoms with van der Waals surface area (Å²) in [5.41, 5.74) is 7.59. The Balaban J connectivity index is 2.12. The van der Waals surface area contributed by atoms with E-state index < -0.39 is 11.8 Å². The van der Waals surface area contributed by atoms with E-state index in [-0.39, 0.29) is 6.61 Å². The Morgan fingerprint density at radius 2 is 2.05 bits per heavy atom. The smallest absolute Gasteiger partial charge is 0.338 e. The molecule has 104 valence electrons. The molecule has 0 aromatic heterocycles. The van der Waals surface area contributed by atoms with Crippen molar-refractivity contribution in [3.8, 4) is 0 Å². The van der Waals surface area contributed by atoms with Crippen molar-refractivity contribution in [1.82, 2.24) is 0 Å². The third kappa shape index (κ3) is 3.36. The largest absolute Gasteiger partial charge is 0.457 e. The molecule has 2 rings (SSSR count). The van der Waals surface area contributed by atoms with Gasteiger partial charge >= 0.3 is 5.97 Å². The fourth-order valence-corrected chi connectivity index (χ4v) is 2.14.